The largest absolute Gasteiger partial charge is 0.331 e. The van der Waals surface area contributed by atoms with E-state index in [0.717, 1.165) is 11.3 Å². The SMILES string of the molecule is Cc1nnnn1-c1cccc(NC(=O)N[C@@H](C)c2cccc(Cl)c2)c1. The van der Waals surface area contributed by atoms with Gasteiger partial charge in [-0.25, -0.2) is 4.79 Å². The maximum absolute atomic E-state index is 12.2. The Kier molecular flexibility index (Phi) is 4.95. The number of nitrogens with zero attached hydrogens (tertiary/aromatic N) is 4. The van der Waals surface area contributed by atoms with Crippen molar-refractivity contribution < 1.29 is 4.79 Å². The predicted octanol–water partition coefficient (Wildman–Crippen LogP) is 3.51. The van der Waals surface area contributed by atoms with E-state index in [1.54, 1.807) is 29.8 Å². The van der Waals surface area contributed by atoms with E-state index in [0.29, 0.717) is 16.5 Å². The second kappa shape index (κ2) is 7.31. The molecule has 2 amide bonds. The summed E-state index contributed by atoms with van der Waals surface area (Å²) in [6, 6.07) is 14.2. The Morgan fingerprint density at radius 3 is 2.72 bits per heavy atom. The van der Waals surface area contributed by atoms with Crippen LogP contribution in [0, 0.1) is 6.92 Å². The second-order valence-electron chi connectivity index (χ2n) is 5.56. The van der Waals surface area contributed by atoms with Crippen LogP contribution < -0.4 is 10.6 Å². The number of nitrogens with one attached hydrogen (secondary N) is 2. The molecule has 0 radical (unpaired) electrons. The maximum Gasteiger partial charge on any atom is 0.319 e. The summed E-state index contributed by atoms with van der Waals surface area (Å²) in [5.74, 6) is 0.663. The number of amides is 2. The first kappa shape index (κ1) is 16.9. The molecule has 1 aromatic heterocycles. The molecule has 0 aliphatic carbocycles. The van der Waals surface area contributed by atoms with Crippen LogP contribution >= 0.6 is 11.6 Å². The number of aryl methyl sites for hydroxylation is 1. The third-order valence-corrected chi connectivity index (χ3v) is 3.91. The molecule has 3 aromatic rings. The van der Waals surface area contributed by atoms with Crippen LogP contribution in [0.3, 0.4) is 0 Å². The molecule has 0 spiro atoms. The normalized spacial score (nSPS) is 11.8. The molecule has 0 bridgehead atoms. The Labute approximate surface area is 150 Å². The lowest BCUT2D eigenvalue weighted by atomic mass is 10.1. The predicted molar refractivity (Wildman–Crippen MR) is 95.9 cm³/mol. The van der Waals surface area contributed by atoms with Gasteiger partial charge in [-0.1, -0.05) is 29.8 Å². The average Bonchev–Trinajstić information content (AvgIpc) is 3.01. The highest BCUT2D eigenvalue weighted by Gasteiger charge is 2.11. The van der Waals surface area contributed by atoms with Crippen molar-refractivity contribution in [1.82, 2.24) is 25.5 Å². The molecule has 25 heavy (non-hydrogen) atoms. The molecule has 0 aliphatic heterocycles. The number of benzene rings is 2. The van der Waals surface area contributed by atoms with E-state index in [1.807, 2.05) is 37.3 Å². The molecule has 8 heteroatoms. The van der Waals surface area contributed by atoms with Crippen LogP contribution in [0.4, 0.5) is 10.5 Å². The summed E-state index contributed by atoms with van der Waals surface area (Å²) in [4.78, 5) is 12.2. The summed E-state index contributed by atoms with van der Waals surface area (Å²) in [5.41, 5.74) is 2.34. The van der Waals surface area contributed by atoms with Gasteiger partial charge in [-0.3, -0.25) is 0 Å². The zero-order chi connectivity index (χ0) is 17.8. The summed E-state index contributed by atoms with van der Waals surface area (Å²) in [6.07, 6.45) is 0. The van der Waals surface area contributed by atoms with Gasteiger partial charge in [-0.15, -0.1) is 5.10 Å². The topological polar surface area (TPSA) is 84.7 Å². The van der Waals surface area contributed by atoms with Gasteiger partial charge in [0, 0.05) is 10.7 Å². The molecule has 1 atom stereocenters. The highest BCUT2D eigenvalue weighted by atomic mass is 35.5. The molecule has 3 rings (SSSR count). The van der Waals surface area contributed by atoms with Gasteiger partial charge >= 0.3 is 6.03 Å². The number of hydrogen-bond donors (Lipinski definition) is 2. The van der Waals surface area contributed by atoms with Crippen molar-refractivity contribution in [3.8, 4) is 5.69 Å². The number of tetrazole rings is 1. The van der Waals surface area contributed by atoms with Gasteiger partial charge in [0.05, 0.1) is 11.7 Å². The van der Waals surface area contributed by atoms with Crippen LogP contribution in [-0.2, 0) is 0 Å². The Balaban J connectivity index is 1.68. The lowest BCUT2D eigenvalue weighted by Crippen LogP contribution is -2.31. The van der Waals surface area contributed by atoms with E-state index in [9.17, 15) is 4.79 Å². The molecular weight excluding hydrogens is 340 g/mol. The molecule has 1 heterocycles. The fourth-order valence-electron chi connectivity index (χ4n) is 2.41. The number of carbonyl (C=O) groups is 1. The standard InChI is InChI=1S/C17H17ClN6O/c1-11(13-5-3-6-14(18)9-13)19-17(25)20-15-7-4-8-16(10-15)24-12(2)21-22-23-24/h3-11H,1-2H3,(H2,19,20,25)/t11-/m0/s1. The van der Waals surface area contributed by atoms with Crippen LogP contribution in [-0.4, -0.2) is 26.2 Å². The molecule has 2 aromatic carbocycles. The highest BCUT2D eigenvalue weighted by Crippen LogP contribution is 2.18. The average molecular weight is 357 g/mol. The minimum absolute atomic E-state index is 0.177. The lowest BCUT2D eigenvalue weighted by molar-refractivity contribution is 0.249. The molecule has 0 saturated heterocycles. The van der Waals surface area contributed by atoms with Crippen molar-refractivity contribution in [1.29, 1.82) is 0 Å². The smallest absolute Gasteiger partial charge is 0.319 e. The number of urea groups is 1. The summed E-state index contributed by atoms with van der Waals surface area (Å²) < 4.78 is 1.59. The maximum atomic E-state index is 12.2. The summed E-state index contributed by atoms with van der Waals surface area (Å²) >= 11 is 5.99. The van der Waals surface area contributed by atoms with Crippen molar-refractivity contribution >= 4 is 23.3 Å². The minimum atomic E-state index is -0.307. The van der Waals surface area contributed by atoms with Gasteiger partial charge in [0.2, 0.25) is 0 Å². The summed E-state index contributed by atoms with van der Waals surface area (Å²) in [7, 11) is 0. The third kappa shape index (κ3) is 4.13. The lowest BCUT2D eigenvalue weighted by Gasteiger charge is -2.15. The first-order valence-electron chi connectivity index (χ1n) is 7.71. The van der Waals surface area contributed by atoms with Gasteiger partial charge in [0.1, 0.15) is 0 Å². The number of carbonyl (C=O) groups excluding carboxylic acids is 1. The van der Waals surface area contributed by atoms with Gasteiger partial charge < -0.3 is 10.6 Å². The third-order valence-electron chi connectivity index (χ3n) is 3.67. The Hall–Kier alpha value is -2.93. The molecule has 2 N–H and O–H groups in total. The van der Waals surface area contributed by atoms with Gasteiger partial charge in [-0.2, -0.15) is 4.68 Å². The second-order valence-corrected chi connectivity index (χ2v) is 6.00. The van der Waals surface area contributed by atoms with E-state index in [4.69, 9.17) is 11.6 Å². The molecule has 7 nitrogen and oxygen atoms in total. The molecule has 0 fully saturated rings. The summed E-state index contributed by atoms with van der Waals surface area (Å²) in [5, 5.41) is 17.7. The number of anilines is 1. The van der Waals surface area contributed by atoms with E-state index in [2.05, 4.69) is 26.2 Å². The monoisotopic (exact) mass is 356 g/mol. The van der Waals surface area contributed by atoms with Crippen molar-refractivity contribution in [3.63, 3.8) is 0 Å². The van der Waals surface area contributed by atoms with Crippen LogP contribution in [0.5, 0.6) is 0 Å². The molecule has 0 aliphatic rings. The van der Waals surface area contributed by atoms with Crippen molar-refractivity contribution in [2.45, 2.75) is 19.9 Å². The van der Waals surface area contributed by atoms with Gasteiger partial charge in [-0.05, 0) is 60.2 Å². The van der Waals surface area contributed by atoms with Crippen molar-refractivity contribution in [2.75, 3.05) is 5.32 Å². The van der Waals surface area contributed by atoms with Gasteiger partial charge in [0.15, 0.2) is 5.82 Å². The molecule has 0 unspecified atom stereocenters. The zero-order valence-electron chi connectivity index (χ0n) is 13.8. The van der Waals surface area contributed by atoms with E-state index < -0.39 is 0 Å². The van der Waals surface area contributed by atoms with Crippen molar-refractivity contribution in [2.24, 2.45) is 0 Å². The van der Waals surface area contributed by atoms with E-state index in [-0.39, 0.29) is 12.1 Å². The van der Waals surface area contributed by atoms with E-state index in [1.165, 1.54) is 0 Å². The number of hydrogen-bond acceptors (Lipinski definition) is 4. The number of rotatable bonds is 4. The number of aromatic nitrogens is 4. The highest BCUT2D eigenvalue weighted by molar-refractivity contribution is 6.30. The Bertz CT molecular complexity index is 894. The zero-order valence-corrected chi connectivity index (χ0v) is 14.5. The minimum Gasteiger partial charge on any atom is -0.331 e. The Morgan fingerprint density at radius 1 is 1.20 bits per heavy atom. The fraction of sp³-hybridized carbons (Fsp3) is 0.176. The quantitative estimate of drug-likeness (QED) is 0.749. The first-order valence-corrected chi connectivity index (χ1v) is 8.09. The Morgan fingerprint density at radius 2 is 2.00 bits per heavy atom. The number of halogens is 1. The first-order chi connectivity index (χ1) is 12.0. The van der Waals surface area contributed by atoms with E-state index >= 15 is 0 Å². The fourth-order valence-corrected chi connectivity index (χ4v) is 2.61. The van der Waals surface area contributed by atoms with Crippen LogP contribution in [0.1, 0.15) is 24.4 Å². The summed E-state index contributed by atoms with van der Waals surface area (Å²) in [6.45, 7) is 3.70. The van der Waals surface area contributed by atoms with Crippen LogP contribution in [0.25, 0.3) is 5.69 Å². The molecular formula is C17H17ClN6O. The van der Waals surface area contributed by atoms with Crippen molar-refractivity contribution in [3.05, 3.63) is 64.9 Å². The molecule has 128 valence electrons. The molecule has 0 saturated carbocycles. The van der Waals surface area contributed by atoms with Gasteiger partial charge in [0.25, 0.3) is 0 Å². The van der Waals surface area contributed by atoms with Crippen LogP contribution in [0.2, 0.25) is 5.02 Å². The van der Waals surface area contributed by atoms with Crippen LogP contribution in [0.15, 0.2) is 48.5 Å².